The predicted molar refractivity (Wildman–Crippen MR) is 71.7 cm³/mol. The minimum Gasteiger partial charge on any atom is -0.387 e. The second-order valence-electron chi connectivity index (χ2n) is 5.63. The standard InChI is InChI=1S/C13H18N2O3S/c1-13(16)9-15(10-13)19(17,18)14-7-6-11-4-2-3-5-12(11)8-14/h2-5,16H,6-10H2,1H3. The topological polar surface area (TPSA) is 60.9 Å². The summed E-state index contributed by atoms with van der Waals surface area (Å²) >= 11 is 0. The molecule has 0 aromatic heterocycles. The molecule has 0 unspecified atom stereocenters. The van der Waals surface area contributed by atoms with Gasteiger partial charge in [0.15, 0.2) is 0 Å². The highest BCUT2D eigenvalue weighted by Crippen LogP contribution is 2.28. The average Bonchev–Trinajstić information content (AvgIpc) is 2.35. The minimum atomic E-state index is -3.43. The van der Waals surface area contributed by atoms with Gasteiger partial charge in [0.2, 0.25) is 0 Å². The van der Waals surface area contributed by atoms with Crippen molar-refractivity contribution in [2.45, 2.75) is 25.5 Å². The van der Waals surface area contributed by atoms with Crippen molar-refractivity contribution in [1.29, 1.82) is 0 Å². The Morgan fingerprint density at radius 1 is 1.16 bits per heavy atom. The fourth-order valence-electron chi connectivity index (χ4n) is 2.71. The second kappa shape index (κ2) is 4.28. The van der Waals surface area contributed by atoms with Crippen molar-refractivity contribution in [2.24, 2.45) is 0 Å². The summed E-state index contributed by atoms with van der Waals surface area (Å²) in [5, 5.41) is 9.68. The summed E-state index contributed by atoms with van der Waals surface area (Å²) < 4.78 is 27.7. The molecule has 0 aliphatic carbocycles. The normalized spacial score (nSPS) is 23.7. The zero-order valence-electron chi connectivity index (χ0n) is 10.9. The Kier molecular flexibility index (Phi) is 2.94. The number of nitrogens with zero attached hydrogens (tertiary/aromatic N) is 2. The van der Waals surface area contributed by atoms with Crippen molar-refractivity contribution in [3.63, 3.8) is 0 Å². The molecule has 19 heavy (non-hydrogen) atoms. The molecule has 6 heteroatoms. The van der Waals surface area contributed by atoms with Crippen LogP contribution in [-0.2, 0) is 23.2 Å². The number of hydrogen-bond donors (Lipinski definition) is 1. The summed E-state index contributed by atoms with van der Waals surface area (Å²) in [4.78, 5) is 0. The fourth-order valence-corrected chi connectivity index (χ4v) is 4.54. The zero-order chi connectivity index (χ0) is 13.7. The summed E-state index contributed by atoms with van der Waals surface area (Å²) in [6, 6.07) is 7.94. The van der Waals surface area contributed by atoms with E-state index in [1.807, 2.05) is 24.3 Å². The van der Waals surface area contributed by atoms with Crippen LogP contribution in [0.2, 0.25) is 0 Å². The van der Waals surface area contributed by atoms with Gasteiger partial charge in [-0.1, -0.05) is 24.3 Å². The van der Waals surface area contributed by atoms with Crippen LogP contribution in [0.5, 0.6) is 0 Å². The maximum Gasteiger partial charge on any atom is 0.282 e. The van der Waals surface area contributed by atoms with E-state index in [1.54, 1.807) is 6.92 Å². The lowest BCUT2D eigenvalue weighted by molar-refractivity contribution is -0.0452. The first-order chi connectivity index (χ1) is 8.88. The summed E-state index contributed by atoms with van der Waals surface area (Å²) in [5.74, 6) is 0. The molecule has 2 heterocycles. The van der Waals surface area contributed by atoms with Crippen LogP contribution in [0.1, 0.15) is 18.1 Å². The molecule has 5 nitrogen and oxygen atoms in total. The largest absolute Gasteiger partial charge is 0.387 e. The van der Waals surface area contributed by atoms with E-state index in [1.165, 1.54) is 14.2 Å². The van der Waals surface area contributed by atoms with Gasteiger partial charge in [-0.25, -0.2) is 0 Å². The lowest BCUT2D eigenvalue weighted by atomic mass is 10.0. The van der Waals surface area contributed by atoms with Gasteiger partial charge in [0.05, 0.1) is 5.60 Å². The molecule has 0 saturated carbocycles. The molecule has 0 amide bonds. The quantitative estimate of drug-likeness (QED) is 0.852. The summed E-state index contributed by atoms with van der Waals surface area (Å²) in [6.45, 7) is 2.97. The van der Waals surface area contributed by atoms with E-state index >= 15 is 0 Å². The number of fused-ring (bicyclic) bond motifs is 1. The molecular formula is C13H18N2O3S. The molecule has 0 spiro atoms. The van der Waals surface area contributed by atoms with Crippen LogP contribution in [0.25, 0.3) is 0 Å². The number of aliphatic hydroxyl groups is 1. The van der Waals surface area contributed by atoms with Crippen LogP contribution >= 0.6 is 0 Å². The van der Waals surface area contributed by atoms with Crippen LogP contribution in [0.3, 0.4) is 0 Å². The van der Waals surface area contributed by atoms with E-state index in [0.717, 1.165) is 12.0 Å². The SMILES string of the molecule is CC1(O)CN(S(=O)(=O)N2CCc3ccccc3C2)C1. The van der Waals surface area contributed by atoms with Crippen molar-refractivity contribution in [1.82, 2.24) is 8.61 Å². The number of hydrogen-bond acceptors (Lipinski definition) is 3. The monoisotopic (exact) mass is 282 g/mol. The molecule has 0 radical (unpaired) electrons. The number of rotatable bonds is 2. The molecule has 1 fully saturated rings. The predicted octanol–water partition coefficient (Wildman–Crippen LogP) is 0.356. The van der Waals surface area contributed by atoms with Crippen LogP contribution in [-0.4, -0.2) is 47.4 Å². The van der Waals surface area contributed by atoms with Crippen molar-refractivity contribution in [3.8, 4) is 0 Å². The van der Waals surface area contributed by atoms with Gasteiger partial charge in [0, 0.05) is 26.2 Å². The molecule has 1 aromatic rings. The molecule has 0 atom stereocenters. The van der Waals surface area contributed by atoms with E-state index in [2.05, 4.69) is 0 Å². The van der Waals surface area contributed by atoms with E-state index in [9.17, 15) is 13.5 Å². The second-order valence-corrected chi connectivity index (χ2v) is 7.55. The van der Waals surface area contributed by atoms with Gasteiger partial charge in [-0.2, -0.15) is 17.0 Å². The van der Waals surface area contributed by atoms with Gasteiger partial charge in [0.25, 0.3) is 10.2 Å². The Morgan fingerprint density at radius 2 is 1.79 bits per heavy atom. The number of benzene rings is 1. The van der Waals surface area contributed by atoms with Gasteiger partial charge < -0.3 is 5.11 Å². The molecular weight excluding hydrogens is 264 g/mol. The Morgan fingerprint density at radius 3 is 2.42 bits per heavy atom. The first-order valence-electron chi connectivity index (χ1n) is 6.43. The maximum absolute atomic E-state index is 12.4. The van der Waals surface area contributed by atoms with Gasteiger partial charge in [-0.3, -0.25) is 0 Å². The molecule has 2 aliphatic rings. The molecule has 104 valence electrons. The van der Waals surface area contributed by atoms with Crippen molar-refractivity contribution in [3.05, 3.63) is 35.4 Å². The summed E-state index contributed by atoms with van der Waals surface area (Å²) in [5.41, 5.74) is 1.43. The van der Waals surface area contributed by atoms with Crippen molar-refractivity contribution in [2.75, 3.05) is 19.6 Å². The third-order valence-electron chi connectivity index (χ3n) is 3.78. The molecule has 2 aliphatic heterocycles. The van der Waals surface area contributed by atoms with E-state index in [-0.39, 0.29) is 13.1 Å². The summed E-state index contributed by atoms with van der Waals surface area (Å²) in [7, 11) is -3.43. The van der Waals surface area contributed by atoms with Gasteiger partial charge in [-0.15, -0.1) is 0 Å². The third-order valence-corrected chi connectivity index (χ3v) is 5.66. The minimum absolute atomic E-state index is 0.188. The average molecular weight is 282 g/mol. The Balaban J connectivity index is 1.78. The van der Waals surface area contributed by atoms with Gasteiger partial charge in [0.1, 0.15) is 0 Å². The smallest absolute Gasteiger partial charge is 0.282 e. The molecule has 3 rings (SSSR count). The van der Waals surface area contributed by atoms with Crippen LogP contribution < -0.4 is 0 Å². The van der Waals surface area contributed by atoms with Crippen LogP contribution in [0, 0.1) is 0 Å². The summed E-state index contributed by atoms with van der Waals surface area (Å²) in [6.07, 6.45) is 0.750. The third kappa shape index (κ3) is 2.29. The molecule has 1 aromatic carbocycles. The number of β-amino-alcohol motifs (C(OH)–C–C–N with tert-alkyl or cyclic N) is 1. The van der Waals surface area contributed by atoms with E-state index in [4.69, 9.17) is 0 Å². The molecule has 0 bridgehead atoms. The van der Waals surface area contributed by atoms with Crippen molar-refractivity contribution < 1.29 is 13.5 Å². The zero-order valence-corrected chi connectivity index (χ0v) is 11.7. The molecule has 1 N–H and O–H groups in total. The Bertz CT molecular complexity index is 590. The van der Waals surface area contributed by atoms with Crippen LogP contribution in [0.4, 0.5) is 0 Å². The first kappa shape index (κ1) is 13.1. The first-order valence-corrected chi connectivity index (χ1v) is 7.83. The van der Waals surface area contributed by atoms with Crippen LogP contribution in [0.15, 0.2) is 24.3 Å². The lowest BCUT2D eigenvalue weighted by Crippen LogP contribution is -2.64. The molecule has 1 saturated heterocycles. The van der Waals surface area contributed by atoms with Gasteiger partial charge >= 0.3 is 0 Å². The van der Waals surface area contributed by atoms with Crippen molar-refractivity contribution >= 4 is 10.2 Å². The Hall–Kier alpha value is -0.950. The fraction of sp³-hybridized carbons (Fsp3) is 0.538. The lowest BCUT2D eigenvalue weighted by Gasteiger charge is -2.45. The highest BCUT2D eigenvalue weighted by atomic mass is 32.2. The van der Waals surface area contributed by atoms with E-state index < -0.39 is 15.8 Å². The maximum atomic E-state index is 12.4. The van der Waals surface area contributed by atoms with E-state index in [0.29, 0.717) is 13.1 Å². The van der Waals surface area contributed by atoms with Gasteiger partial charge in [-0.05, 0) is 24.5 Å². The Labute approximate surface area is 113 Å². The highest BCUT2D eigenvalue weighted by molar-refractivity contribution is 7.86. The highest BCUT2D eigenvalue weighted by Gasteiger charge is 2.45.